The van der Waals surface area contributed by atoms with Crippen LogP contribution in [-0.4, -0.2) is 55.4 Å². The van der Waals surface area contributed by atoms with E-state index in [0.29, 0.717) is 6.61 Å². The van der Waals surface area contributed by atoms with E-state index < -0.39 is 32.9 Å². The molecule has 0 saturated carbocycles. The van der Waals surface area contributed by atoms with E-state index in [2.05, 4.69) is 52.4 Å². The summed E-state index contributed by atoms with van der Waals surface area (Å²) in [4.78, 5) is 13.2. The third-order valence-electron chi connectivity index (χ3n) is 6.28. The fourth-order valence-electron chi connectivity index (χ4n) is 4.66. The molecule has 1 aliphatic heterocycles. The van der Waals surface area contributed by atoms with Gasteiger partial charge in [0.05, 0.1) is 7.59 Å². The lowest BCUT2D eigenvalue weighted by Crippen LogP contribution is -2.77. The van der Waals surface area contributed by atoms with Crippen LogP contribution < -0.4 is 0 Å². The van der Waals surface area contributed by atoms with Crippen molar-refractivity contribution in [3.63, 3.8) is 0 Å². The Morgan fingerprint density at radius 2 is 1.50 bits per heavy atom. The van der Waals surface area contributed by atoms with Gasteiger partial charge in [-0.2, -0.15) is 0 Å². The summed E-state index contributed by atoms with van der Waals surface area (Å²) in [7, 11) is -7.45. The molecule has 8 heteroatoms. The molecule has 1 saturated heterocycles. The molecule has 4 nitrogen and oxygen atoms in total. The van der Waals surface area contributed by atoms with Crippen molar-refractivity contribution < 1.29 is 17.5 Å². The van der Waals surface area contributed by atoms with Crippen molar-refractivity contribution in [2.24, 2.45) is 0 Å². The van der Waals surface area contributed by atoms with E-state index in [1.54, 1.807) is 0 Å². The van der Waals surface area contributed by atoms with Crippen LogP contribution in [0.2, 0.25) is 52.4 Å². The third kappa shape index (κ3) is 5.14. The highest BCUT2D eigenvalue weighted by atomic mass is 29.2. The van der Waals surface area contributed by atoms with Crippen molar-refractivity contribution in [2.45, 2.75) is 71.8 Å². The second kappa shape index (κ2) is 8.69. The van der Waals surface area contributed by atoms with Crippen LogP contribution in [0.4, 0.5) is 4.79 Å². The first-order chi connectivity index (χ1) is 12.8. The number of benzene rings is 1. The summed E-state index contributed by atoms with van der Waals surface area (Å²) in [5, 5.41) is 0. The molecule has 2 rings (SSSR count). The molecular formula is C20H40NO3Si4+. The number of ether oxygens (including phenoxy) is 1. The van der Waals surface area contributed by atoms with Gasteiger partial charge in [-0.1, -0.05) is 50.0 Å². The maximum atomic E-state index is 13.2. The monoisotopic (exact) mass is 454 g/mol. The van der Waals surface area contributed by atoms with Crippen molar-refractivity contribution in [1.82, 2.24) is 0 Å². The van der Waals surface area contributed by atoms with E-state index >= 15 is 0 Å². The van der Waals surface area contributed by atoms with Gasteiger partial charge in [0.25, 0.3) is 22.4 Å². The zero-order valence-electron chi connectivity index (χ0n) is 19.2. The Morgan fingerprint density at radius 1 is 0.964 bits per heavy atom. The zero-order chi connectivity index (χ0) is 21.2. The summed E-state index contributed by atoms with van der Waals surface area (Å²) >= 11 is 0. The molecule has 0 radical (unpaired) electrons. The largest absolute Gasteiger partial charge is 0.464 e. The average molecular weight is 455 g/mol. The standard InChI is InChI=1S/C20H40NO3Si4/c1-26(2,3)21(16-12-13-17-21)28(7,8)24-25(27(4,5)6)20(22)23-18-19-14-10-9-11-15-19/h9-11,14-15,25H,12-13,16-18H2,1-8H3/q+1. The number of rotatable bonds is 8. The van der Waals surface area contributed by atoms with E-state index in [0.717, 1.165) is 5.56 Å². The number of hydrogen-bond acceptors (Lipinski definition) is 3. The van der Waals surface area contributed by atoms with Gasteiger partial charge < -0.3 is 12.7 Å². The lowest BCUT2D eigenvalue weighted by molar-refractivity contribution is -0.724. The number of quaternary nitrogens is 1. The van der Waals surface area contributed by atoms with Gasteiger partial charge in [0.2, 0.25) is 0 Å². The Bertz CT molecular complexity index is 662. The van der Waals surface area contributed by atoms with Crippen molar-refractivity contribution in [2.75, 3.05) is 13.1 Å². The number of carbonyl (C=O) groups excluding carboxylic acids is 1. The SMILES string of the molecule is C[Si](C)(C)[SiH](O[Si](C)(C)[N+]1([Si](C)(C)C)CCCC1)C(=O)OCc1ccccc1. The molecule has 0 aliphatic carbocycles. The van der Waals surface area contributed by atoms with Gasteiger partial charge in [-0.25, -0.2) is 0 Å². The lowest BCUT2D eigenvalue weighted by atomic mass is 10.2. The molecule has 0 N–H and O–H groups in total. The molecule has 0 bridgehead atoms. The molecule has 1 fully saturated rings. The Morgan fingerprint density at radius 3 is 1.96 bits per heavy atom. The number of hydrogen-bond donors (Lipinski definition) is 0. The second-order valence-corrected chi connectivity index (χ2v) is 33.8. The highest BCUT2D eigenvalue weighted by molar-refractivity contribution is 7.40. The van der Waals surface area contributed by atoms with Gasteiger partial charge in [0.15, 0.2) is 0 Å². The van der Waals surface area contributed by atoms with Gasteiger partial charge in [-0.15, -0.1) is 0 Å². The maximum absolute atomic E-state index is 13.2. The quantitative estimate of drug-likeness (QED) is 0.506. The molecule has 1 aliphatic rings. The van der Waals surface area contributed by atoms with Crippen molar-refractivity contribution >= 4 is 38.5 Å². The van der Waals surface area contributed by atoms with E-state index in [9.17, 15) is 4.79 Å². The Kier molecular flexibility index (Phi) is 7.37. The van der Waals surface area contributed by atoms with Gasteiger partial charge in [-0.05, 0) is 38.0 Å². The fraction of sp³-hybridized carbons (Fsp3) is 0.650. The molecule has 0 aromatic heterocycles. The van der Waals surface area contributed by atoms with Gasteiger partial charge in [-0.3, -0.25) is 4.79 Å². The maximum Gasteiger partial charge on any atom is 0.403 e. The molecular weight excluding hydrogens is 415 g/mol. The molecule has 1 atom stereocenters. The average Bonchev–Trinajstić information content (AvgIpc) is 3.09. The van der Waals surface area contributed by atoms with Crippen LogP contribution >= 0.6 is 0 Å². The molecule has 0 amide bonds. The predicted octanol–water partition coefficient (Wildman–Crippen LogP) is 5.21. The highest BCUT2D eigenvalue weighted by Crippen LogP contribution is 2.37. The van der Waals surface area contributed by atoms with E-state index in [1.165, 1.54) is 29.7 Å². The van der Waals surface area contributed by atoms with Crippen LogP contribution in [-0.2, 0) is 15.5 Å². The number of nitrogens with zero attached hydrogens (tertiary/aromatic N) is 1. The molecule has 158 valence electrons. The van der Waals surface area contributed by atoms with Crippen LogP contribution in [0.1, 0.15) is 18.4 Å². The first kappa shape index (κ1) is 23.8. The summed E-state index contributed by atoms with van der Waals surface area (Å²) in [6, 6.07) is 9.97. The minimum absolute atomic E-state index is 0.0310. The Hall–Kier alpha value is -0.522. The highest BCUT2D eigenvalue weighted by Gasteiger charge is 2.60. The van der Waals surface area contributed by atoms with Crippen LogP contribution in [0.5, 0.6) is 0 Å². The summed E-state index contributed by atoms with van der Waals surface area (Å²) < 4.78 is 14.0. The first-order valence-electron chi connectivity index (χ1n) is 10.6. The summed E-state index contributed by atoms with van der Waals surface area (Å²) in [6.45, 7) is 21.9. The molecule has 1 unspecified atom stereocenters. The molecule has 1 heterocycles. The topological polar surface area (TPSA) is 35.5 Å². The Balaban J connectivity index is 2.22. The predicted molar refractivity (Wildman–Crippen MR) is 128 cm³/mol. The van der Waals surface area contributed by atoms with Gasteiger partial charge in [0.1, 0.15) is 6.61 Å². The van der Waals surface area contributed by atoms with Crippen LogP contribution in [0.25, 0.3) is 0 Å². The number of carbonyl (C=O) groups is 1. The van der Waals surface area contributed by atoms with Gasteiger partial charge in [0, 0.05) is 26.2 Å². The van der Waals surface area contributed by atoms with E-state index in [1.807, 2.05) is 30.3 Å². The minimum atomic E-state index is -2.11. The zero-order valence-corrected chi connectivity index (χ0v) is 23.3. The first-order valence-corrected chi connectivity index (χ1v) is 23.2. The molecule has 28 heavy (non-hydrogen) atoms. The smallest absolute Gasteiger partial charge is 0.403 e. The second-order valence-electron chi connectivity index (χ2n) is 10.7. The fourth-order valence-corrected chi connectivity index (χ4v) is 28.7. The summed E-state index contributed by atoms with van der Waals surface area (Å²) in [6.07, 6.45) is 2.59. The summed E-state index contributed by atoms with van der Waals surface area (Å²) in [5.74, 6) is 0. The van der Waals surface area contributed by atoms with Gasteiger partial charge >= 0.3 is 8.48 Å². The van der Waals surface area contributed by atoms with E-state index in [-0.39, 0.29) is 5.59 Å². The van der Waals surface area contributed by atoms with Crippen LogP contribution in [0, 0.1) is 0 Å². The Labute approximate surface area is 176 Å². The lowest BCUT2D eigenvalue weighted by Gasteiger charge is -2.55. The van der Waals surface area contributed by atoms with E-state index in [4.69, 9.17) is 8.85 Å². The molecule has 1 aromatic rings. The van der Waals surface area contributed by atoms with Crippen molar-refractivity contribution in [3.8, 4) is 0 Å². The normalized spacial score (nSPS) is 18.7. The van der Waals surface area contributed by atoms with Crippen molar-refractivity contribution in [3.05, 3.63) is 35.9 Å². The summed E-state index contributed by atoms with van der Waals surface area (Å²) in [5.41, 5.74) is 1.01. The van der Waals surface area contributed by atoms with Crippen molar-refractivity contribution in [1.29, 1.82) is 0 Å². The van der Waals surface area contributed by atoms with Crippen LogP contribution in [0.15, 0.2) is 30.3 Å². The molecule has 0 spiro atoms. The van der Waals surface area contributed by atoms with Crippen LogP contribution in [0.3, 0.4) is 0 Å². The third-order valence-corrected chi connectivity index (χ3v) is 27.3. The minimum Gasteiger partial charge on any atom is -0.464 e. The molecule has 1 aromatic carbocycles.